The summed E-state index contributed by atoms with van der Waals surface area (Å²) in [6.45, 7) is 4.92. The van der Waals surface area contributed by atoms with Crippen LogP contribution in [0.4, 0.5) is 0 Å². The minimum Gasteiger partial charge on any atom is -0.550 e. The smallest absolute Gasteiger partial charge is 0.266 e. The number of nitrogens with two attached hydrogens (primary N) is 2. The average molecular weight is 1450 g/mol. The lowest BCUT2D eigenvalue weighted by Gasteiger charge is -2.31. The van der Waals surface area contributed by atoms with Crippen LogP contribution in [-0.4, -0.2) is 203 Å². The molecule has 6 rings (SSSR count). The van der Waals surface area contributed by atoms with Gasteiger partial charge in [0.05, 0.1) is 6.61 Å². The molecule has 10 atom stereocenters. The number of carboxylic acid groups (broad SMARTS) is 2. The molecule has 3 aromatic rings. The number of aromatic nitrogens is 1. The number of rotatable bonds is 15. The molecule has 3 aliphatic rings. The van der Waals surface area contributed by atoms with E-state index in [2.05, 4.69) is 58.0 Å². The van der Waals surface area contributed by atoms with Gasteiger partial charge in [0.15, 0.2) is 0 Å². The molecule has 32 nitrogen and oxygen atoms in total. The molecule has 0 spiro atoms. The van der Waals surface area contributed by atoms with Crippen molar-refractivity contribution in [2.24, 2.45) is 22.5 Å². The summed E-state index contributed by atoms with van der Waals surface area (Å²) in [5.41, 5.74) is 13.8. The summed E-state index contributed by atoms with van der Waals surface area (Å²) in [6, 6.07) is -3.04. The fourth-order valence-electron chi connectivity index (χ4n) is 11.1. The van der Waals surface area contributed by atoms with Gasteiger partial charge in [0.1, 0.15) is 79.0 Å². The van der Waals surface area contributed by atoms with Crippen LogP contribution in [-0.2, 0) is 89.9 Å². The second kappa shape index (κ2) is 40.2. The Morgan fingerprint density at radius 3 is 1.91 bits per heavy atom. The Hall–Kier alpha value is -9.12. The molecule has 0 unspecified atom stereocenters. The first-order chi connectivity index (χ1) is 47.7. The van der Waals surface area contributed by atoms with E-state index < -0.39 is 181 Å². The van der Waals surface area contributed by atoms with E-state index in [1.807, 2.05) is 6.07 Å². The number of carbonyl (C=O) groups excluding carboxylic acids is 14. The molecule has 2 aromatic carbocycles. The maximum Gasteiger partial charge on any atom is 0.266 e. The Bertz CT molecular complexity index is 3470. The zero-order valence-electron chi connectivity index (χ0n) is 56.0. The Balaban J connectivity index is 1.42. The van der Waals surface area contributed by atoms with Crippen molar-refractivity contribution < 1.29 is 86.9 Å². The number of thioether (sulfide) groups is 3. The summed E-state index contributed by atoms with van der Waals surface area (Å²) in [6.07, 6.45) is 3.30. The van der Waals surface area contributed by atoms with E-state index in [0.717, 1.165) is 30.8 Å². The molecule has 35 heteroatoms. The largest absolute Gasteiger partial charge is 0.550 e. The first kappa shape index (κ1) is 79.9. The molecular weight excluding hydrogens is 1360 g/mol. The third-order valence-electron chi connectivity index (χ3n) is 16.4. The second-order valence-corrected chi connectivity index (χ2v) is 27.7. The molecule has 0 radical (unpaired) electrons. The van der Waals surface area contributed by atoms with Crippen molar-refractivity contribution in [3.8, 4) is 5.75 Å². The van der Waals surface area contributed by atoms with Gasteiger partial charge in [-0.2, -0.15) is 35.3 Å². The number of fused-ring (bicyclic) bond motifs is 7. The number of carbonyl (C=O) groups is 14. The number of amides is 12. The number of hydrogen-bond acceptors (Lipinski definition) is 22. The van der Waals surface area contributed by atoms with Gasteiger partial charge in [0.25, 0.3) is 5.91 Å². The Morgan fingerprint density at radius 2 is 1.26 bits per heavy atom. The number of aliphatic carboxylic acids is 2. The predicted molar refractivity (Wildman–Crippen MR) is 366 cm³/mol. The summed E-state index contributed by atoms with van der Waals surface area (Å²) in [5.74, 6) is -14.9. The molecular formula is C65H88N14O18S3-2. The number of ether oxygens (including phenoxy) is 1. The molecule has 546 valence electrons. The normalized spacial score (nSPS) is 25.1. The third kappa shape index (κ3) is 25.6. The fourth-order valence-corrected chi connectivity index (χ4v) is 13.6. The van der Waals surface area contributed by atoms with Gasteiger partial charge in [0.2, 0.25) is 65.0 Å². The molecule has 3 aliphatic heterocycles. The van der Waals surface area contributed by atoms with Gasteiger partial charge in [-0.15, -0.1) is 0 Å². The highest BCUT2D eigenvalue weighted by atomic mass is 32.2. The van der Waals surface area contributed by atoms with Crippen LogP contribution >= 0.6 is 35.3 Å². The third-order valence-corrected chi connectivity index (χ3v) is 19.3. The van der Waals surface area contributed by atoms with Crippen LogP contribution in [0.3, 0.4) is 0 Å². The zero-order chi connectivity index (χ0) is 73.0. The number of carboxylic acids is 2. The van der Waals surface area contributed by atoms with Gasteiger partial charge < -0.3 is 98.6 Å². The maximum atomic E-state index is 14.9. The van der Waals surface area contributed by atoms with E-state index >= 15 is 0 Å². The van der Waals surface area contributed by atoms with Crippen LogP contribution in [0.1, 0.15) is 115 Å². The van der Waals surface area contributed by atoms with Crippen molar-refractivity contribution in [1.82, 2.24) is 57.7 Å². The number of para-hydroxylation sites is 1. The molecule has 4 heterocycles. The number of hydrogen-bond donors (Lipinski definition) is 12. The van der Waals surface area contributed by atoms with E-state index in [-0.39, 0.29) is 61.2 Å². The highest BCUT2D eigenvalue weighted by molar-refractivity contribution is 7.99. The number of nitrogens with zero attached hydrogens (tertiary/aromatic N) is 2. The highest BCUT2D eigenvalue weighted by Gasteiger charge is 2.41. The molecule has 100 heavy (non-hydrogen) atoms. The van der Waals surface area contributed by atoms with Crippen molar-refractivity contribution >= 4 is 135 Å². The first-order valence-corrected chi connectivity index (χ1v) is 36.5. The van der Waals surface area contributed by atoms with E-state index in [9.17, 15) is 77.3 Å². The van der Waals surface area contributed by atoms with Gasteiger partial charge >= 0.3 is 0 Å². The quantitative estimate of drug-likeness (QED) is 0.0724. The predicted octanol–water partition coefficient (Wildman–Crippen LogP) is -2.95. The van der Waals surface area contributed by atoms with Crippen LogP contribution < -0.4 is 74.3 Å². The van der Waals surface area contributed by atoms with Crippen LogP contribution in [0, 0.1) is 5.92 Å². The van der Waals surface area contributed by atoms with Crippen molar-refractivity contribution in [1.29, 1.82) is 0 Å². The van der Waals surface area contributed by atoms with Crippen LogP contribution in [0.5, 0.6) is 5.75 Å². The standard InChI is InChI=1S/C65H90N14O18S3/c1-35(2)55-64(94)75-46(27-39-29-68-42-13-8-7-12-41(39)42)61(91)72-43(15-17-51(66)80)58(88)71-44(16-18-53(82)83)59(89)76-48(56(67)86)33-99-31-37-24-38-26-40(25-37)96-21-9-5-6-10-22-97-69-30-52(81)70-36(3)57(87)77-49(34-100-32-38)65(95)79-20-11-14-50(79)63(93)73-45(19-23-98-4)60(90)74-47(28-54(84)85)62(92)78-55/h7-8,12-13,24-26,29-30,35-36,43-50,55,68H,5-6,9-11,14-23,27-28,31-34H2,1-4H3,(H2,66,80)(H2,67,86)(H,70,81)(H,71,88)(H,72,91)(H,73,93)(H,74,90)(H,75,94)(H,76,89)(H,77,87)(H,78,92)(H,82,83)(H,84,85)/p-2/b69-30+/t36-,43-,44-,45-,46-,47-,48-,49-,50-,55-/m0/s1. The number of aromatic amines is 1. The number of oxime groups is 1. The van der Waals surface area contributed by atoms with Crippen molar-refractivity contribution in [3.05, 3.63) is 65.4 Å². The van der Waals surface area contributed by atoms with Gasteiger partial charge in [-0.05, 0) is 124 Å². The lowest BCUT2D eigenvalue weighted by molar-refractivity contribution is -0.307. The van der Waals surface area contributed by atoms with Gasteiger partial charge in [-0.1, -0.05) is 43.3 Å². The fraction of sp³-hybridized carbons (Fsp3) is 0.554. The second-order valence-electron chi connectivity index (χ2n) is 24.7. The first-order valence-electron chi connectivity index (χ1n) is 32.8. The average Bonchev–Trinajstić information content (AvgIpc) is 1.63. The van der Waals surface area contributed by atoms with Gasteiger partial charge in [-0.3, -0.25) is 57.5 Å². The molecule has 1 aromatic heterocycles. The van der Waals surface area contributed by atoms with Crippen LogP contribution in [0.2, 0.25) is 0 Å². The van der Waals surface area contributed by atoms with Gasteiger partial charge in [0, 0.05) is 77.9 Å². The maximum absolute atomic E-state index is 14.9. The summed E-state index contributed by atoms with van der Waals surface area (Å²) < 4.78 is 6.24. The Morgan fingerprint density at radius 1 is 0.660 bits per heavy atom. The summed E-state index contributed by atoms with van der Waals surface area (Å²) in [4.78, 5) is 203. The molecule has 1 fully saturated rings. The molecule has 4 bridgehead atoms. The number of benzene rings is 2. The van der Waals surface area contributed by atoms with Crippen LogP contribution in [0.15, 0.2) is 53.8 Å². The lowest BCUT2D eigenvalue weighted by atomic mass is 9.99. The van der Waals surface area contributed by atoms with Crippen molar-refractivity contribution in [2.45, 2.75) is 176 Å². The van der Waals surface area contributed by atoms with Crippen molar-refractivity contribution in [3.63, 3.8) is 0 Å². The molecule has 0 aliphatic carbocycles. The Kier molecular flexibility index (Phi) is 32.1. The Labute approximate surface area is 590 Å². The van der Waals surface area contributed by atoms with E-state index in [1.165, 1.54) is 49.2 Å². The summed E-state index contributed by atoms with van der Waals surface area (Å²) >= 11 is 3.68. The number of primary amides is 2. The number of H-pyrrole nitrogens is 1. The topological polar surface area (TPSA) is 495 Å². The van der Waals surface area contributed by atoms with Crippen LogP contribution in [0.25, 0.3) is 10.9 Å². The minimum absolute atomic E-state index is 0.0308. The molecule has 12 amide bonds. The van der Waals surface area contributed by atoms with E-state index in [1.54, 1.807) is 48.9 Å². The zero-order valence-corrected chi connectivity index (χ0v) is 58.5. The van der Waals surface area contributed by atoms with E-state index in [4.69, 9.17) is 21.0 Å². The molecule has 1 saturated heterocycles. The van der Waals surface area contributed by atoms with E-state index in [0.29, 0.717) is 59.2 Å². The highest BCUT2D eigenvalue weighted by Crippen LogP contribution is 2.27. The number of nitrogens with one attached hydrogen (secondary N) is 10. The lowest BCUT2D eigenvalue weighted by Crippen LogP contribution is -2.62. The van der Waals surface area contributed by atoms with Crippen molar-refractivity contribution in [2.75, 3.05) is 43.3 Å². The molecule has 14 N–H and O–H groups in total. The SMILES string of the molecule is CSCC[C@@H]1NC(=O)[C@@H]2CCCN2C(=O)[C@@H]2CSCc3cc(cc(c3)OCCCCCCO/N=C/C(=O)N[C@@H](C)C(=O)N2)CSC[C@@H](C(N)=O)NC(=O)[C@H](CCC(=O)[O-])NC(=O)[C@H](CCC(N)=O)NC(=O)[C@H](Cc2c[nH]c3ccccc23)NC(=O)[C@H](C(C)C)NC(=O)[C@H](CC(=O)[O-])NC1=O. The summed E-state index contributed by atoms with van der Waals surface area (Å²) in [5, 5.41) is 51.4. The minimum atomic E-state index is -1.96. The monoisotopic (exact) mass is 1450 g/mol. The molecule has 0 saturated carbocycles. The van der Waals surface area contributed by atoms with Gasteiger partial charge in [-0.25, -0.2) is 0 Å². The summed E-state index contributed by atoms with van der Waals surface area (Å²) in [7, 11) is 0.